The van der Waals surface area contributed by atoms with E-state index in [2.05, 4.69) is 35.9 Å². The van der Waals surface area contributed by atoms with Gasteiger partial charge in [0.05, 0.1) is 0 Å². The topological polar surface area (TPSA) is 16.1 Å². The van der Waals surface area contributed by atoms with Gasteiger partial charge >= 0.3 is 0 Å². The lowest BCUT2D eigenvalue weighted by atomic mass is 9.94. The van der Waals surface area contributed by atoms with Gasteiger partial charge in [0, 0.05) is 17.9 Å². The van der Waals surface area contributed by atoms with Gasteiger partial charge < -0.3 is 0 Å². The first-order valence-electron chi connectivity index (χ1n) is 6.98. The fourth-order valence-corrected chi connectivity index (χ4v) is 2.82. The first kappa shape index (κ1) is 12.6. The molecule has 1 aliphatic rings. The third-order valence-corrected chi connectivity index (χ3v) is 3.82. The molecule has 1 saturated heterocycles. The number of hydrogen-bond acceptors (Lipinski definition) is 2. The molecule has 0 saturated carbocycles. The summed E-state index contributed by atoms with van der Waals surface area (Å²) in [5, 5.41) is 0. The van der Waals surface area contributed by atoms with Gasteiger partial charge in [0.15, 0.2) is 0 Å². The van der Waals surface area contributed by atoms with E-state index in [-0.39, 0.29) is 0 Å². The Morgan fingerprint density at radius 3 is 3.06 bits per heavy atom. The van der Waals surface area contributed by atoms with E-state index in [0.717, 1.165) is 0 Å². The number of aryl methyl sites for hydroxylation is 1. The molecule has 2 nitrogen and oxygen atoms in total. The Hall–Kier alpha value is -0.890. The number of nitrogens with zero attached hydrogens (tertiary/aromatic N) is 2. The maximum absolute atomic E-state index is 4.44. The first-order chi connectivity index (χ1) is 8.33. The summed E-state index contributed by atoms with van der Waals surface area (Å²) in [5.74, 6) is 0. The average molecular weight is 232 g/mol. The van der Waals surface area contributed by atoms with Crippen LogP contribution in [0.2, 0.25) is 0 Å². The van der Waals surface area contributed by atoms with Gasteiger partial charge in [-0.25, -0.2) is 0 Å². The Labute approximate surface area is 105 Å². The minimum atomic E-state index is 0.615. The number of hydrogen-bond donors (Lipinski definition) is 0. The number of likely N-dealkylation sites (tertiary alicyclic amines) is 1. The van der Waals surface area contributed by atoms with Crippen molar-refractivity contribution >= 4 is 0 Å². The maximum atomic E-state index is 4.44. The molecule has 1 atom stereocenters. The van der Waals surface area contributed by atoms with Gasteiger partial charge in [-0.05, 0) is 50.9 Å². The number of pyridine rings is 1. The highest BCUT2D eigenvalue weighted by Gasteiger charge is 2.24. The van der Waals surface area contributed by atoms with Crippen molar-refractivity contribution in [1.82, 2.24) is 9.88 Å². The van der Waals surface area contributed by atoms with Crippen LogP contribution < -0.4 is 0 Å². The van der Waals surface area contributed by atoms with Crippen LogP contribution in [0.5, 0.6) is 0 Å². The predicted molar refractivity (Wildman–Crippen MR) is 72.0 cm³/mol. The van der Waals surface area contributed by atoms with E-state index < -0.39 is 0 Å². The van der Waals surface area contributed by atoms with Crippen LogP contribution >= 0.6 is 0 Å². The second-order valence-electron chi connectivity index (χ2n) is 5.08. The van der Waals surface area contributed by atoms with Crippen molar-refractivity contribution in [2.45, 2.75) is 52.0 Å². The highest BCUT2D eigenvalue weighted by atomic mass is 15.2. The third-order valence-electron chi connectivity index (χ3n) is 3.82. The van der Waals surface area contributed by atoms with Crippen molar-refractivity contribution in [3.8, 4) is 0 Å². The molecule has 1 aromatic heterocycles. The summed E-state index contributed by atoms with van der Waals surface area (Å²) < 4.78 is 0. The molecule has 17 heavy (non-hydrogen) atoms. The monoisotopic (exact) mass is 232 g/mol. The Kier molecular flexibility index (Phi) is 4.55. The van der Waals surface area contributed by atoms with E-state index in [0.29, 0.717) is 6.04 Å². The molecule has 0 amide bonds. The standard InChI is InChI=1S/C15H24N2/c1-3-4-11-17-12-6-5-9-15(17)14-8-7-10-16-13(14)2/h7-8,10,15H,3-6,9,11-12H2,1-2H3/t15-/m0/s1. The summed E-state index contributed by atoms with van der Waals surface area (Å²) in [6.45, 7) is 6.92. The van der Waals surface area contributed by atoms with Crippen molar-refractivity contribution < 1.29 is 0 Å². The molecule has 2 heteroatoms. The normalized spacial score (nSPS) is 21.6. The molecule has 0 aliphatic carbocycles. The zero-order valence-corrected chi connectivity index (χ0v) is 11.2. The molecule has 0 aromatic carbocycles. The quantitative estimate of drug-likeness (QED) is 0.786. The van der Waals surface area contributed by atoms with Gasteiger partial charge in [0.1, 0.15) is 0 Å². The highest BCUT2D eigenvalue weighted by Crippen LogP contribution is 2.32. The number of unbranched alkanes of at least 4 members (excludes halogenated alkanes) is 1. The van der Waals surface area contributed by atoms with Crippen LogP contribution in [0.4, 0.5) is 0 Å². The third kappa shape index (κ3) is 3.06. The molecule has 2 heterocycles. The van der Waals surface area contributed by atoms with Crippen LogP contribution in [-0.4, -0.2) is 23.0 Å². The second-order valence-corrected chi connectivity index (χ2v) is 5.08. The smallest absolute Gasteiger partial charge is 0.0420 e. The first-order valence-corrected chi connectivity index (χ1v) is 6.98. The number of piperidine rings is 1. The fraction of sp³-hybridized carbons (Fsp3) is 0.667. The predicted octanol–water partition coefficient (Wildman–Crippen LogP) is 3.72. The molecule has 0 radical (unpaired) electrons. The fourth-order valence-electron chi connectivity index (χ4n) is 2.82. The highest BCUT2D eigenvalue weighted by molar-refractivity contribution is 5.23. The lowest BCUT2D eigenvalue weighted by molar-refractivity contribution is 0.146. The van der Waals surface area contributed by atoms with Crippen LogP contribution in [0, 0.1) is 6.92 Å². The summed E-state index contributed by atoms with van der Waals surface area (Å²) in [6, 6.07) is 4.95. The molecule has 94 valence electrons. The van der Waals surface area contributed by atoms with Crippen molar-refractivity contribution in [2.24, 2.45) is 0 Å². The second kappa shape index (κ2) is 6.15. The molecule has 1 aliphatic heterocycles. The minimum Gasteiger partial charge on any atom is -0.296 e. The van der Waals surface area contributed by atoms with E-state index in [1.807, 2.05) is 6.20 Å². The van der Waals surface area contributed by atoms with Gasteiger partial charge in [0.25, 0.3) is 0 Å². The maximum Gasteiger partial charge on any atom is 0.0420 e. The van der Waals surface area contributed by atoms with Gasteiger partial charge in [0.2, 0.25) is 0 Å². The van der Waals surface area contributed by atoms with Crippen LogP contribution in [0.1, 0.15) is 56.3 Å². The van der Waals surface area contributed by atoms with E-state index in [9.17, 15) is 0 Å². The van der Waals surface area contributed by atoms with Gasteiger partial charge in [-0.1, -0.05) is 25.8 Å². The molecule has 0 spiro atoms. The van der Waals surface area contributed by atoms with E-state index in [1.165, 1.54) is 56.5 Å². The van der Waals surface area contributed by atoms with Crippen LogP contribution in [-0.2, 0) is 0 Å². The van der Waals surface area contributed by atoms with Crippen molar-refractivity contribution in [3.63, 3.8) is 0 Å². The average Bonchev–Trinajstić information content (AvgIpc) is 2.37. The van der Waals surface area contributed by atoms with E-state index >= 15 is 0 Å². The molecular formula is C15H24N2. The van der Waals surface area contributed by atoms with E-state index in [4.69, 9.17) is 0 Å². The zero-order valence-electron chi connectivity index (χ0n) is 11.2. The summed E-state index contributed by atoms with van der Waals surface area (Å²) in [7, 11) is 0. The molecule has 0 N–H and O–H groups in total. The van der Waals surface area contributed by atoms with Gasteiger partial charge in [-0.2, -0.15) is 0 Å². The molecule has 0 unspecified atom stereocenters. The number of rotatable bonds is 4. The van der Waals surface area contributed by atoms with Crippen molar-refractivity contribution in [3.05, 3.63) is 29.6 Å². The molecular weight excluding hydrogens is 208 g/mol. The summed E-state index contributed by atoms with van der Waals surface area (Å²) in [6.07, 6.45) is 8.53. The molecule has 1 fully saturated rings. The van der Waals surface area contributed by atoms with Crippen LogP contribution in [0.3, 0.4) is 0 Å². The Morgan fingerprint density at radius 1 is 1.41 bits per heavy atom. The summed E-state index contributed by atoms with van der Waals surface area (Å²) in [4.78, 5) is 7.11. The molecule has 1 aromatic rings. The van der Waals surface area contributed by atoms with Gasteiger partial charge in [-0.3, -0.25) is 9.88 Å². The molecule has 2 rings (SSSR count). The largest absolute Gasteiger partial charge is 0.296 e. The Bertz CT molecular complexity index is 349. The zero-order chi connectivity index (χ0) is 12.1. The van der Waals surface area contributed by atoms with Crippen LogP contribution in [0.15, 0.2) is 18.3 Å². The number of aromatic nitrogens is 1. The summed E-state index contributed by atoms with van der Waals surface area (Å²) in [5.41, 5.74) is 2.66. The van der Waals surface area contributed by atoms with Crippen molar-refractivity contribution in [1.29, 1.82) is 0 Å². The lowest BCUT2D eigenvalue weighted by Crippen LogP contribution is -2.34. The van der Waals surface area contributed by atoms with Crippen molar-refractivity contribution in [2.75, 3.05) is 13.1 Å². The van der Waals surface area contributed by atoms with Gasteiger partial charge in [-0.15, -0.1) is 0 Å². The molecule has 0 bridgehead atoms. The Balaban J connectivity index is 2.13. The lowest BCUT2D eigenvalue weighted by Gasteiger charge is -2.36. The minimum absolute atomic E-state index is 0.615. The SMILES string of the molecule is CCCCN1CCCC[C@H]1c1cccnc1C. The van der Waals surface area contributed by atoms with E-state index in [1.54, 1.807) is 0 Å². The van der Waals surface area contributed by atoms with Crippen LogP contribution in [0.25, 0.3) is 0 Å². The Morgan fingerprint density at radius 2 is 2.29 bits per heavy atom. The summed E-state index contributed by atoms with van der Waals surface area (Å²) >= 11 is 0.